The zero-order valence-electron chi connectivity index (χ0n) is 16.2. The van der Waals surface area contributed by atoms with Crippen molar-refractivity contribution in [2.75, 3.05) is 13.1 Å². The van der Waals surface area contributed by atoms with Crippen molar-refractivity contribution in [3.8, 4) is 6.07 Å². The van der Waals surface area contributed by atoms with Crippen LogP contribution in [0.1, 0.15) is 54.2 Å². The highest BCUT2D eigenvalue weighted by Crippen LogP contribution is 2.36. The lowest BCUT2D eigenvalue weighted by Gasteiger charge is -2.32. The Morgan fingerprint density at radius 2 is 1.96 bits per heavy atom. The van der Waals surface area contributed by atoms with E-state index in [-0.39, 0.29) is 17.3 Å². The zero-order chi connectivity index (χ0) is 20.4. The number of piperidine rings is 1. The van der Waals surface area contributed by atoms with Crippen LogP contribution >= 0.6 is 30.3 Å². The number of nitriles is 1. The van der Waals surface area contributed by atoms with Crippen LogP contribution < -0.4 is 0 Å². The summed E-state index contributed by atoms with van der Waals surface area (Å²) in [4.78, 5) is 26.3. The minimum atomic E-state index is -0.251. The number of hydrogen-bond acceptors (Lipinski definition) is 4. The van der Waals surface area contributed by atoms with Crippen molar-refractivity contribution < 1.29 is 9.59 Å². The topological polar surface area (TPSA) is 66.1 Å². The Hall–Kier alpha value is -1.79. The van der Waals surface area contributed by atoms with Gasteiger partial charge >= 0.3 is 0 Å². The predicted octanol–water partition coefficient (Wildman–Crippen LogP) is 5.17. The van der Waals surface area contributed by atoms with Crippen molar-refractivity contribution in [1.82, 2.24) is 8.87 Å². The number of ketones is 1. The van der Waals surface area contributed by atoms with Crippen molar-refractivity contribution >= 4 is 52.9 Å². The minimum Gasteiger partial charge on any atom is -0.343 e. The van der Waals surface area contributed by atoms with Crippen LogP contribution in [-0.2, 0) is 4.79 Å². The van der Waals surface area contributed by atoms with Gasteiger partial charge in [-0.3, -0.25) is 13.6 Å². The van der Waals surface area contributed by atoms with Gasteiger partial charge in [0.2, 0.25) is 11.7 Å². The van der Waals surface area contributed by atoms with E-state index in [1.54, 1.807) is 19.9 Å². The second-order valence-corrected chi connectivity index (χ2v) is 8.77. The molecule has 0 radical (unpaired) electrons. The molecule has 1 aliphatic rings. The molecule has 1 aromatic heterocycles. The summed E-state index contributed by atoms with van der Waals surface area (Å²) in [6.07, 6.45) is 3.46. The second kappa shape index (κ2) is 8.70. The van der Waals surface area contributed by atoms with Crippen LogP contribution in [0.25, 0.3) is 10.9 Å². The smallest absolute Gasteiger partial charge is 0.220 e. The van der Waals surface area contributed by atoms with Gasteiger partial charge in [-0.25, -0.2) is 0 Å². The molecule has 0 spiro atoms. The number of amides is 1. The van der Waals surface area contributed by atoms with E-state index in [2.05, 4.69) is 40.3 Å². The Bertz CT molecular complexity index is 1010. The summed E-state index contributed by atoms with van der Waals surface area (Å²) in [6, 6.07) is 8.17. The van der Waals surface area contributed by atoms with Gasteiger partial charge in [0.15, 0.2) is 0 Å². The number of likely N-dealkylation sites (tertiary alicyclic amines) is 1. The Labute approximate surface area is 181 Å². The van der Waals surface area contributed by atoms with Gasteiger partial charge < -0.3 is 4.90 Å². The number of benzene rings is 1. The van der Waals surface area contributed by atoms with Crippen LogP contribution in [0, 0.1) is 18.3 Å². The van der Waals surface area contributed by atoms with Gasteiger partial charge in [0.05, 0.1) is 11.1 Å². The first-order chi connectivity index (χ1) is 13.4. The van der Waals surface area contributed by atoms with Crippen LogP contribution in [-0.4, -0.2) is 33.7 Å². The molecule has 0 N–H and O–H groups in total. The van der Waals surface area contributed by atoms with Crippen molar-refractivity contribution in [2.45, 2.75) is 39.5 Å². The Balaban J connectivity index is 2.02. The molecule has 1 fully saturated rings. The molecule has 28 heavy (non-hydrogen) atoms. The average Bonchev–Trinajstić information content (AvgIpc) is 3.05. The molecular formula is C21H22IN3O2S. The molecule has 5 nitrogen and oxygen atoms in total. The molecule has 0 unspecified atom stereocenters. The lowest BCUT2D eigenvalue weighted by Crippen LogP contribution is -2.36. The van der Waals surface area contributed by atoms with E-state index in [1.807, 2.05) is 21.0 Å². The zero-order valence-corrected chi connectivity index (χ0v) is 19.1. The number of Topliss-reactive ketones (excluding diaryl/α,β-unsaturated/α-hetero) is 1. The summed E-state index contributed by atoms with van der Waals surface area (Å²) >= 11 is 2.17. The molecule has 146 valence electrons. The van der Waals surface area contributed by atoms with Crippen LogP contribution in [0.5, 0.6) is 0 Å². The number of aromatic nitrogens is 1. The number of aryl methyl sites for hydroxylation is 1. The molecule has 3 rings (SSSR count). The van der Waals surface area contributed by atoms with E-state index >= 15 is 0 Å². The van der Waals surface area contributed by atoms with Crippen LogP contribution in [0.2, 0.25) is 0 Å². The highest BCUT2D eigenvalue weighted by Gasteiger charge is 2.25. The fourth-order valence-electron chi connectivity index (χ4n) is 3.92. The standard InChI is InChI=1S/C21H22IN3O2S/c1-4-15(12-23)21(27)20-10-17-9-13(2)18(11-19(17)25(20)28-22)16-5-7-24(8-6-16)14(3)26/h4,9-11,16H,5-8H2,1-3H3/b15-4+. The number of halogens is 1. The summed E-state index contributed by atoms with van der Waals surface area (Å²) in [7, 11) is 1.44. The molecule has 1 aromatic carbocycles. The van der Waals surface area contributed by atoms with Gasteiger partial charge in [-0.15, -0.1) is 0 Å². The highest BCUT2D eigenvalue weighted by atomic mass is 127. The number of allylic oxidation sites excluding steroid dienone is 2. The van der Waals surface area contributed by atoms with Gasteiger partial charge in [-0.05, 0) is 61.9 Å². The normalized spacial score (nSPS) is 15.7. The van der Waals surface area contributed by atoms with Crippen molar-refractivity contribution in [3.63, 3.8) is 0 Å². The summed E-state index contributed by atoms with van der Waals surface area (Å²) < 4.78 is 1.91. The van der Waals surface area contributed by atoms with E-state index < -0.39 is 0 Å². The van der Waals surface area contributed by atoms with Gasteiger partial charge in [-0.2, -0.15) is 5.26 Å². The fourth-order valence-corrected chi connectivity index (χ4v) is 5.64. The number of carbonyl (C=O) groups is 2. The fraction of sp³-hybridized carbons (Fsp3) is 0.381. The Morgan fingerprint density at radius 1 is 1.29 bits per heavy atom. The second-order valence-electron chi connectivity index (χ2n) is 7.08. The van der Waals surface area contributed by atoms with Crippen molar-refractivity contribution in [1.29, 1.82) is 5.26 Å². The number of carbonyl (C=O) groups excluding carboxylic acids is 2. The quantitative estimate of drug-likeness (QED) is 0.248. The maximum absolute atomic E-state index is 12.8. The molecule has 1 saturated heterocycles. The predicted molar refractivity (Wildman–Crippen MR) is 122 cm³/mol. The first-order valence-electron chi connectivity index (χ1n) is 9.23. The van der Waals surface area contributed by atoms with Crippen LogP contribution in [0.15, 0.2) is 29.8 Å². The van der Waals surface area contributed by atoms with Crippen LogP contribution in [0.3, 0.4) is 0 Å². The van der Waals surface area contributed by atoms with E-state index in [9.17, 15) is 14.9 Å². The maximum Gasteiger partial charge on any atom is 0.220 e. The lowest BCUT2D eigenvalue weighted by molar-refractivity contribution is -0.129. The highest BCUT2D eigenvalue weighted by molar-refractivity contribution is 14.2. The molecule has 0 atom stereocenters. The summed E-state index contributed by atoms with van der Waals surface area (Å²) in [5, 5.41) is 10.2. The first-order valence-corrected chi connectivity index (χ1v) is 12.5. The largest absolute Gasteiger partial charge is 0.343 e. The monoisotopic (exact) mass is 507 g/mol. The van der Waals surface area contributed by atoms with Crippen molar-refractivity contribution in [3.05, 3.63) is 46.7 Å². The molecule has 1 amide bonds. The Kier molecular flexibility index (Phi) is 6.50. The molecule has 7 heteroatoms. The maximum atomic E-state index is 12.8. The third-order valence-electron chi connectivity index (χ3n) is 5.48. The molecule has 2 aromatic rings. The van der Waals surface area contributed by atoms with Crippen LogP contribution in [0.4, 0.5) is 0 Å². The number of fused-ring (bicyclic) bond motifs is 1. The molecule has 1 aliphatic heterocycles. The third-order valence-corrected chi connectivity index (χ3v) is 7.19. The molecule has 2 heterocycles. The van der Waals surface area contributed by atoms with Gasteiger partial charge in [0.1, 0.15) is 11.8 Å². The summed E-state index contributed by atoms with van der Waals surface area (Å²) in [6.45, 7) is 7.01. The number of rotatable bonds is 4. The van der Waals surface area contributed by atoms with Gasteiger partial charge in [0, 0.05) is 55.7 Å². The molecule has 0 bridgehead atoms. The van der Waals surface area contributed by atoms with Crippen molar-refractivity contribution in [2.24, 2.45) is 0 Å². The molecular weight excluding hydrogens is 485 g/mol. The average molecular weight is 507 g/mol. The third kappa shape index (κ3) is 3.85. The van der Waals surface area contributed by atoms with Gasteiger partial charge in [0.25, 0.3) is 0 Å². The van der Waals surface area contributed by atoms with E-state index in [0.717, 1.165) is 36.8 Å². The van der Waals surface area contributed by atoms with E-state index in [0.29, 0.717) is 11.6 Å². The number of hydrogen-bond donors (Lipinski definition) is 0. The number of nitrogens with zero attached hydrogens (tertiary/aromatic N) is 3. The summed E-state index contributed by atoms with van der Waals surface area (Å²) in [5.41, 5.74) is 4.15. The van der Waals surface area contributed by atoms with E-state index in [4.69, 9.17) is 0 Å². The molecule has 0 saturated carbocycles. The first kappa shape index (κ1) is 20.9. The Morgan fingerprint density at radius 3 is 2.50 bits per heavy atom. The SMILES string of the molecule is C/C=C(\C#N)C(=O)c1cc2cc(C)c(C3CCN(C(C)=O)CC3)cc2n1SI. The van der Waals surface area contributed by atoms with Gasteiger partial charge in [-0.1, -0.05) is 6.08 Å². The molecule has 0 aliphatic carbocycles. The minimum absolute atomic E-state index is 0.140. The lowest BCUT2D eigenvalue weighted by atomic mass is 9.86. The van der Waals surface area contributed by atoms with E-state index in [1.165, 1.54) is 20.2 Å². The summed E-state index contributed by atoms with van der Waals surface area (Å²) in [5.74, 6) is 0.299.